The number of carbonyl (C=O) groups is 2. The first kappa shape index (κ1) is 19.7. The largest absolute Gasteiger partial charge is 0.469 e. The van der Waals surface area contributed by atoms with E-state index in [1.54, 1.807) is 29.8 Å². The van der Waals surface area contributed by atoms with Crippen LogP contribution in [0.1, 0.15) is 30.9 Å². The van der Waals surface area contributed by atoms with Gasteiger partial charge in [-0.15, -0.1) is 0 Å². The van der Waals surface area contributed by atoms with E-state index in [0.29, 0.717) is 0 Å². The van der Waals surface area contributed by atoms with Gasteiger partial charge in [-0.05, 0) is 43.2 Å². The van der Waals surface area contributed by atoms with Crippen molar-refractivity contribution in [1.29, 1.82) is 0 Å². The second-order valence-electron chi connectivity index (χ2n) is 7.74. The lowest BCUT2D eigenvalue weighted by atomic mass is 9.71. The molecule has 0 aliphatic rings. The van der Waals surface area contributed by atoms with Crippen molar-refractivity contribution in [3.05, 3.63) is 71.9 Å². The van der Waals surface area contributed by atoms with Crippen LogP contribution < -0.4 is 0 Å². The van der Waals surface area contributed by atoms with Gasteiger partial charge in [-0.1, -0.05) is 36.4 Å². The van der Waals surface area contributed by atoms with Crippen molar-refractivity contribution < 1.29 is 14.3 Å². The molecule has 1 heterocycles. The predicted octanol–water partition coefficient (Wildman–Crippen LogP) is 4.50. The summed E-state index contributed by atoms with van der Waals surface area (Å²) in [5, 5.41) is 0.953. The van der Waals surface area contributed by atoms with Crippen LogP contribution in [0.15, 0.2) is 60.8 Å². The van der Waals surface area contributed by atoms with E-state index in [-0.39, 0.29) is 17.9 Å². The second kappa shape index (κ2) is 7.50. The molecule has 1 aromatic heterocycles. The van der Waals surface area contributed by atoms with Crippen LogP contribution in [0.4, 0.5) is 4.79 Å². The van der Waals surface area contributed by atoms with E-state index in [0.717, 1.165) is 22.0 Å². The van der Waals surface area contributed by atoms with Gasteiger partial charge in [0.25, 0.3) is 0 Å². The van der Waals surface area contributed by atoms with Crippen molar-refractivity contribution >= 4 is 22.9 Å². The first-order valence-corrected chi connectivity index (χ1v) is 9.23. The molecule has 3 aromatic rings. The summed E-state index contributed by atoms with van der Waals surface area (Å²) in [6.07, 6.45) is 1.78. The fraction of sp³-hybridized carbons (Fsp3) is 0.304. The lowest BCUT2D eigenvalue weighted by molar-refractivity contribution is -0.151. The number of aromatic nitrogens is 1. The summed E-state index contributed by atoms with van der Waals surface area (Å²) in [7, 11) is 4.88. The quantitative estimate of drug-likeness (QED) is 0.628. The van der Waals surface area contributed by atoms with Gasteiger partial charge < -0.3 is 9.64 Å². The smallest absolute Gasteiger partial charge is 0.328 e. The Morgan fingerprint density at radius 2 is 1.68 bits per heavy atom. The van der Waals surface area contributed by atoms with E-state index >= 15 is 0 Å². The van der Waals surface area contributed by atoms with Gasteiger partial charge in [0.15, 0.2) is 0 Å². The predicted molar refractivity (Wildman–Crippen MR) is 111 cm³/mol. The lowest BCUT2D eigenvalue weighted by Gasteiger charge is -2.32. The zero-order valence-electron chi connectivity index (χ0n) is 17.0. The van der Waals surface area contributed by atoms with Gasteiger partial charge in [-0.2, -0.15) is 0 Å². The average Bonchev–Trinajstić information content (AvgIpc) is 3.10. The standard InChI is InChI=1S/C23H26N2O3/c1-23(2,21(26)28-5)20(16-9-7-6-8-10-16)18-11-12-19-17(15-18)13-14-25(19)22(27)24(3)4/h6-15,20H,1-5H3. The maximum atomic E-state index is 12.6. The lowest BCUT2D eigenvalue weighted by Crippen LogP contribution is -2.33. The molecular weight excluding hydrogens is 352 g/mol. The van der Waals surface area contributed by atoms with Crippen LogP contribution >= 0.6 is 0 Å². The van der Waals surface area contributed by atoms with E-state index in [1.807, 2.05) is 62.4 Å². The zero-order chi connectivity index (χ0) is 20.5. The molecule has 0 spiro atoms. The summed E-state index contributed by atoms with van der Waals surface area (Å²) in [5.74, 6) is -0.444. The van der Waals surface area contributed by atoms with Gasteiger partial charge in [0.2, 0.25) is 0 Å². The van der Waals surface area contributed by atoms with Crippen LogP contribution in [0.5, 0.6) is 0 Å². The molecule has 0 fully saturated rings. The number of fused-ring (bicyclic) bond motifs is 1. The summed E-state index contributed by atoms with van der Waals surface area (Å²) in [6, 6.07) is 17.8. The molecule has 1 unspecified atom stereocenters. The molecule has 0 bridgehead atoms. The van der Waals surface area contributed by atoms with Crippen molar-refractivity contribution in [2.75, 3.05) is 21.2 Å². The van der Waals surface area contributed by atoms with Gasteiger partial charge in [0.05, 0.1) is 18.0 Å². The molecular formula is C23H26N2O3. The molecule has 1 amide bonds. The van der Waals surface area contributed by atoms with Crippen LogP contribution in [0.25, 0.3) is 10.9 Å². The molecule has 0 aliphatic carbocycles. The monoisotopic (exact) mass is 378 g/mol. The Labute approximate surface area is 165 Å². The van der Waals surface area contributed by atoms with E-state index < -0.39 is 5.41 Å². The molecule has 28 heavy (non-hydrogen) atoms. The van der Waals surface area contributed by atoms with Gasteiger partial charge >= 0.3 is 12.0 Å². The number of hydrogen-bond acceptors (Lipinski definition) is 3. The number of hydrogen-bond donors (Lipinski definition) is 0. The van der Waals surface area contributed by atoms with Gasteiger partial charge in [-0.25, -0.2) is 4.79 Å². The molecule has 0 aliphatic heterocycles. The topological polar surface area (TPSA) is 51.5 Å². The van der Waals surface area contributed by atoms with Crippen LogP contribution in [-0.4, -0.2) is 42.7 Å². The molecule has 0 saturated heterocycles. The van der Waals surface area contributed by atoms with Gasteiger partial charge in [0.1, 0.15) is 0 Å². The van der Waals surface area contributed by atoms with Crippen molar-refractivity contribution in [2.45, 2.75) is 19.8 Å². The van der Waals surface area contributed by atoms with Crippen LogP contribution in [-0.2, 0) is 9.53 Å². The van der Waals surface area contributed by atoms with E-state index in [9.17, 15) is 9.59 Å². The maximum Gasteiger partial charge on any atom is 0.328 e. The van der Waals surface area contributed by atoms with E-state index in [2.05, 4.69) is 6.07 Å². The number of benzene rings is 2. The van der Waals surface area contributed by atoms with E-state index in [1.165, 1.54) is 7.11 Å². The first-order chi connectivity index (χ1) is 13.3. The summed E-state index contributed by atoms with van der Waals surface area (Å²) >= 11 is 0. The van der Waals surface area contributed by atoms with Crippen molar-refractivity contribution in [3.63, 3.8) is 0 Å². The Morgan fingerprint density at radius 3 is 2.29 bits per heavy atom. The molecule has 0 radical (unpaired) electrons. The molecule has 0 N–H and O–H groups in total. The fourth-order valence-corrected chi connectivity index (χ4v) is 3.78. The summed E-state index contributed by atoms with van der Waals surface area (Å²) in [4.78, 5) is 26.5. The van der Waals surface area contributed by atoms with Gasteiger partial charge in [-0.3, -0.25) is 9.36 Å². The molecule has 1 atom stereocenters. The summed E-state index contributed by atoms with van der Waals surface area (Å²) in [6.45, 7) is 3.81. The number of ether oxygens (including phenoxy) is 1. The average molecular weight is 378 g/mol. The highest BCUT2D eigenvalue weighted by atomic mass is 16.5. The Hall–Kier alpha value is -3.08. The maximum absolute atomic E-state index is 12.6. The van der Waals surface area contributed by atoms with E-state index in [4.69, 9.17) is 4.74 Å². The molecule has 2 aromatic carbocycles. The van der Waals surface area contributed by atoms with Gasteiger partial charge in [0, 0.05) is 31.6 Å². The molecule has 5 nitrogen and oxygen atoms in total. The minimum absolute atomic E-state index is 0.0998. The molecule has 5 heteroatoms. The summed E-state index contributed by atoms with van der Waals surface area (Å²) in [5.41, 5.74) is 2.13. The Kier molecular flexibility index (Phi) is 5.27. The fourth-order valence-electron chi connectivity index (χ4n) is 3.78. The summed E-state index contributed by atoms with van der Waals surface area (Å²) < 4.78 is 6.72. The number of rotatable bonds is 4. The number of esters is 1. The van der Waals surface area contributed by atoms with Crippen molar-refractivity contribution in [2.24, 2.45) is 5.41 Å². The number of methoxy groups -OCH3 is 1. The number of carbonyl (C=O) groups excluding carboxylic acids is 2. The highest BCUT2D eigenvalue weighted by molar-refractivity contribution is 5.92. The van der Waals surface area contributed by atoms with Crippen molar-refractivity contribution in [1.82, 2.24) is 9.47 Å². The zero-order valence-corrected chi connectivity index (χ0v) is 17.0. The normalized spacial score (nSPS) is 12.6. The van der Waals surface area contributed by atoms with Crippen LogP contribution in [0, 0.1) is 5.41 Å². The third-order valence-corrected chi connectivity index (χ3v) is 5.20. The van der Waals surface area contributed by atoms with Crippen LogP contribution in [0.2, 0.25) is 0 Å². The minimum atomic E-state index is -0.758. The number of amides is 1. The highest BCUT2D eigenvalue weighted by Gasteiger charge is 2.40. The van der Waals surface area contributed by atoms with Crippen LogP contribution in [0.3, 0.4) is 0 Å². The second-order valence-corrected chi connectivity index (χ2v) is 7.74. The minimum Gasteiger partial charge on any atom is -0.469 e. The van der Waals surface area contributed by atoms with Crippen molar-refractivity contribution in [3.8, 4) is 0 Å². The molecule has 0 saturated carbocycles. The highest BCUT2D eigenvalue weighted by Crippen LogP contribution is 2.42. The first-order valence-electron chi connectivity index (χ1n) is 9.23. The Bertz CT molecular complexity index is 1000. The Morgan fingerprint density at radius 1 is 1.00 bits per heavy atom. The SMILES string of the molecule is COC(=O)C(C)(C)C(c1ccccc1)c1ccc2c(ccn2C(=O)N(C)C)c1. The third kappa shape index (κ3) is 3.40. The Balaban J connectivity index is 2.14. The molecule has 3 rings (SSSR count). The molecule has 146 valence electrons. The third-order valence-electron chi connectivity index (χ3n) is 5.20. The number of nitrogens with zero attached hydrogens (tertiary/aromatic N) is 2.